The molecule has 1 aliphatic rings. The molecule has 1 rings (SSSR count). The van der Waals surface area contributed by atoms with Gasteiger partial charge in [-0.3, -0.25) is 0 Å². The van der Waals surface area contributed by atoms with Gasteiger partial charge in [0.1, 0.15) is 0 Å². The summed E-state index contributed by atoms with van der Waals surface area (Å²) >= 11 is 2.02. The van der Waals surface area contributed by atoms with E-state index in [-0.39, 0.29) is 5.60 Å². The van der Waals surface area contributed by atoms with Crippen LogP contribution in [0.15, 0.2) is 0 Å². The van der Waals surface area contributed by atoms with Crippen LogP contribution in [-0.2, 0) is 4.74 Å². The molecule has 0 saturated carbocycles. The van der Waals surface area contributed by atoms with E-state index >= 15 is 0 Å². The molecule has 10 heavy (non-hydrogen) atoms. The number of thioether (sulfide) groups is 1. The van der Waals surface area contributed by atoms with Crippen LogP contribution in [0.1, 0.15) is 27.2 Å². The topological polar surface area (TPSA) is 12.5 Å². The fourth-order valence-corrected chi connectivity index (χ4v) is 1.68. The minimum Gasteiger partial charge on any atom is -0.369 e. The van der Waals surface area contributed by atoms with Gasteiger partial charge in [0, 0.05) is 11.0 Å². The first-order chi connectivity index (χ1) is 4.66. The Morgan fingerprint density at radius 1 is 1.70 bits per heavy atom. The molecule has 0 radical (unpaired) electrons. The predicted molar refractivity (Wildman–Crippen MR) is 46.6 cm³/mol. The van der Waals surface area contributed by atoms with Crippen LogP contribution in [0.5, 0.6) is 0 Å². The Morgan fingerprint density at radius 3 is 2.70 bits per heavy atom. The van der Waals surface area contributed by atoms with Crippen molar-refractivity contribution < 1.29 is 4.74 Å². The van der Waals surface area contributed by atoms with E-state index in [4.69, 9.17) is 4.74 Å². The van der Waals surface area contributed by atoms with E-state index in [1.165, 1.54) is 12.2 Å². The number of ether oxygens (including phenoxy) is 1. The van der Waals surface area contributed by atoms with Crippen molar-refractivity contribution in [3.05, 3.63) is 0 Å². The third-order valence-corrected chi connectivity index (χ3v) is 3.56. The van der Waals surface area contributed by atoms with Gasteiger partial charge in [-0.25, -0.2) is 0 Å². The van der Waals surface area contributed by atoms with E-state index in [0.717, 1.165) is 11.9 Å². The van der Waals surface area contributed by atoms with Crippen molar-refractivity contribution in [3.63, 3.8) is 0 Å². The first-order valence-electron chi connectivity index (χ1n) is 3.92. The molecular formula is C8H16OS. The molecule has 1 saturated heterocycles. The lowest BCUT2D eigenvalue weighted by atomic mass is 10.3. The molecule has 0 aromatic carbocycles. The summed E-state index contributed by atoms with van der Waals surface area (Å²) in [5.74, 6) is 1.17. The van der Waals surface area contributed by atoms with Crippen LogP contribution in [-0.4, -0.2) is 23.2 Å². The second-order valence-corrected chi connectivity index (χ2v) is 4.70. The maximum Gasteiger partial charge on any atom is 0.0978 e. The third-order valence-electron chi connectivity index (χ3n) is 1.89. The zero-order valence-electron chi connectivity index (χ0n) is 7.02. The molecule has 2 atom stereocenters. The molecule has 0 aromatic rings. The molecule has 2 unspecified atom stereocenters. The highest BCUT2D eigenvalue weighted by molar-refractivity contribution is 7.99. The quantitative estimate of drug-likeness (QED) is 0.585. The van der Waals surface area contributed by atoms with Crippen molar-refractivity contribution in [2.24, 2.45) is 0 Å². The third kappa shape index (κ3) is 2.51. The van der Waals surface area contributed by atoms with Gasteiger partial charge >= 0.3 is 0 Å². The smallest absolute Gasteiger partial charge is 0.0978 e. The van der Waals surface area contributed by atoms with Gasteiger partial charge in [0.25, 0.3) is 0 Å². The summed E-state index contributed by atoms with van der Waals surface area (Å²) in [5, 5.41) is 0.793. The molecule has 1 aliphatic heterocycles. The van der Waals surface area contributed by atoms with Gasteiger partial charge in [0.15, 0.2) is 0 Å². The molecule has 0 spiro atoms. The van der Waals surface area contributed by atoms with E-state index in [1.807, 2.05) is 11.8 Å². The highest BCUT2D eigenvalue weighted by atomic mass is 32.2. The Balaban J connectivity index is 2.04. The maximum atomic E-state index is 5.27. The van der Waals surface area contributed by atoms with E-state index < -0.39 is 0 Å². The maximum absolute atomic E-state index is 5.27. The molecule has 0 aromatic heterocycles. The van der Waals surface area contributed by atoms with Gasteiger partial charge in [0.05, 0.1) is 12.2 Å². The van der Waals surface area contributed by atoms with Gasteiger partial charge in [-0.2, -0.15) is 11.8 Å². The number of hydrogen-bond acceptors (Lipinski definition) is 2. The SMILES string of the molecule is CCC(C)SCC1(C)CO1. The second-order valence-electron chi connectivity index (χ2n) is 3.27. The van der Waals surface area contributed by atoms with Crippen LogP contribution in [0.25, 0.3) is 0 Å². The summed E-state index contributed by atoms with van der Waals surface area (Å²) in [6, 6.07) is 0. The lowest BCUT2D eigenvalue weighted by Gasteiger charge is -2.09. The van der Waals surface area contributed by atoms with Crippen LogP contribution < -0.4 is 0 Å². The first-order valence-corrected chi connectivity index (χ1v) is 4.97. The Hall–Kier alpha value is 0.310. The molecule has 0 N–H and O–H groups in total. The summed E-state index contributed by atoms with van der Waals surface area (Å²) in [6.07, 6.45) is 1.26. The van der Waals surface area contributed by atoms with Crippen molar-refractivity contribution in [1.29, 1.82) is 0 Å². The molecule has 60 valence electrons. The Kier molecular flexibility index (Phi) is 2.64. The highest BCUT2D eigenvalue weighted by Crippen LogP contribution is 2.32. The van der Waals surface area contributed by atoms with E-state index in [2.05, 4.69) is 20.8 Å². The summed E-state index contributed by atoms with van der Waals surface area (Å²) in [7, 11) is 0. The summed E-state index contributed by atoms with van der Waals surface area (Å²) < 4.78 is 5.27. The first kappa shape index (κ1) is 8.41. The minimum atomic E-state index is 0.244. The summed E-state index contributed by atoms with van der Waals surface area (Å²) in [4.78, 5) is 0. The van der Waals surface area contributed by atoms with Crippen LogP contribution in [0.3, 0.4) is 0 Å². The minimum absolute atomic E-state index is 0.244. The molecule has 1 nitrogen and oxygen atoms in total. The molecule has 2 heteroatoms. The lowest BCUT2D eigenvalue weighted by Crippen LogP contribution is -2.10. The average molecular weight is 160 g/mol. The van der Waals surface area contributed by atoms with Crippen molar-refractivity contribution in [3.8, 4) is 0 Å². The number of epoxide rings is 1. The van der Waals surface area contributed by atoms with E-state index in [1.54, 1.807) is 0 Å². The summed E-state index contributed by atoms with van der Waals surface area (Å²) in [6.45, 7) is 7.66. The van der Waals surface area contributed by atoms with Crippen molar-refractivity contribution >= 4 is 11.8 Å². The molecule has 0 bridgehead atoms. The zero-order valence-corrected chi connectivity index (χ0v) is 7.83. The molecule has 1 fully saturated rings. The fraction of sp³-hybridized carbons (Fsp3) is 1.00. The van der Waals surface area contributed by atoms with Gasteiger partial charge < -0.3 is 4.74 Å². The fourth-order valence-electron chi connectivity index (χ4n) is 0.643. The average Bonchev–Trinajstić information content (AvgIpc) is 2.64. The van der Waals surface area contributed by atoms with E-state index in [9.17, 15) is 0 Å². The lowest BCUT2D eigenvalue weighted by molar-refractivity contribution is 0.348. The molecule has 0 aliphatic carbocycles. The van der Waals surface area contributed by atoms with E-state index in [0.29, 0.717) is 0 Å². The van der Waals surface area contributed by atoms with Gasteiger partial charge in [0.2, 0.25) is 0 Å². The Bertz CT molecular complexity index is 110. The summed E-state index contributed by atoms with van der Waals surface area (Å²) in [5.41, 5.74) is 0.244. The van der Waals surface area contributed by atoms with Gasteiger partial charge in [-0.1, -0.05) is 13.8 Å². The second kappa shape index (κ2) is 3.14. The predicted octanol–water partition coefficient (Wildman–Crippen LogP) is 2.31. The zero-order chi connectivity index (χ0) is 7.61. The standard InChI is InChI=1S/C8H16OS/c1-4-7(2)10-6-8(3)5-9-8/h7H,4-6H2,1-3H3. The van der Waals surface area contributed by atoms with Crippen molar-refractivity contribution in [1.82, 2.24) is 0 Å². The monoisotopic (exact) mass is 160 g/mol. The number of hydrogen-bond donors (Lipinski definition) is 0. The van der Waals surface area contributed by atoms with Crippen LogP contribution in [0, 0.1) is 0 Å². The van der Waals surface area contributed by atoms with Crippen LogP contribution in [0.2, 0.25) is 0 Å². The van der Waals surface area contributed by atoms with Gasteiger partial charge in [-0.05, 0) is 13.3 Å². The van der Waals surface area contributed by atoms with Crippen molar-refractivity contribution in [2.45, 2.75) is 38.0 Å². The van der Waals surface area contributed by atoms with Crippen molar-refractivity contribution in [2.75, 3.05) is 12.4 Å². The molecular weight excluding hydrogens is 144 g/mol. The van der Waals surface area contributed by atoms with Gasteiger partial charge in [-0.15, -0.1) is 0 Å². The highest BCUT2D eigenvalue weighted by Gasteiger charge is 2.39. The molecule has 0 amide bonds. The molecule has 1 heterocycles. The van der Waals surface area contributed by atoms with Crippen LogP contribution in [0.4, 0.5) is 0 Å². The Labute approximate surface area is 67.5 Å². The number of rotatable bonds is 4. The normalized spacial score (nSPS) is 33.9. The Morgan fingerprint density at radius 2 is 2.30 bits per heavy atom. The van der Waals surface area contributed by atoms with Crippen LogP contribution >= 0.6 is 11.8 Å². The largest absolute Gasteiger partial charge is 0.369 e.